The second-order valence-electron chi connectivity index (χ2n) is 6.62. The van der Waals surface area contributed by atoms with Crippen molar-refractivity contribution in [2.75, 3.05) is 25.1 Å². The van der Waals surface area contributed by atoms with E-state index in [0.29, 0.717) is 31.0 Å². The summed E-state index contributed by atoms with van der Waals surface area (Å²) in [6, 6.07) is 9.81. The van der Waals surface area contributed by atoms with Crippen molar-refractivity contribution < 1.29 is 13.9 Å². The highest BCUT2D eigenvalue weighted by atomic mass is 19.1. The fraction of sp³-hybridized carbons (Fsp3) is 0.190. The van der Waals surface area contributed by atoms with Gasteiger partial charge in [-0.2, -0.15) is 5.10 Å². The number of rotatable bonds is 5. The maximum absolute atomic E-state index is 13.6. The van der Waals surface area contributed by atoms with Crippen molar-refractivity contribution in [2.24, 2.45) is 0 Å². The molecule has 4 rings (SSSR count). The zero-order chi connectivity index (χ0) is 20.4. The van der Waals surface area contributed by atoms with Crippen LogP contribution in [-0.2, 0) is 6.54 Å². The Morgan fingerprint density at radius 1 is 1.28 bits per heavy atom. The standard InChI is InChI=1S/C21H18FN5O2/c1-23-19-10-16(4-5-17(19)15-11-24-25-12-15)27-8-7-26(21(27)28)13-14-3-6-18(22)20(9-14)29-2/h3-6,9-12H,7-8,13H2,2H3,(H,24,25). The van der Waals surface area contributed by atoms with Gasteiger partial charge in [0.25, 0.3) is 0 Å². The van der Waals surface area contributed by atoms with Crippen LogP contribution in [0.4, 0.5) is 20.6 Å². The summed E-state index contributed by atoms with van der Waals surface area (Å²) < 4.78 is 18.6. The monoisotopic (exact) mass is 391 g/mol. The number of amides is 2. The number of urea groups is 1. The molecular formula is C21H18FN5O2. The summed E-state index contributed by atoms with van der Waals surface area (Å²) in [5, 5.41) is 6.66. The van der Waals surface area contributed by atoms with Crippen LogP contribution in [0, 0.1) is 12.4 Å². The minimum absolute atomic E-state index is 0.153. The molecule has 1 aliphatic rings. The molecule has 0 radical (unpaired) electrons. The number of aromatic amines is 1. The lowest BCUT2D eigenvalue weighted by molar-refractivity contribution is 0.218. The van der Waals surface area contributed by atoms with Crippen LogP contribution >= 0.6 is 0 Å². The van der Waals surface area contributed by atoms with Gasteiger partial charge in [0.15, 0.2) is 17.3 Å². The molecule has 0 spiro atoms. The van der Waals surface area contributed by atoms with Gasteiger partial charge in [-0.15, -0.1) is 0 Å². The van der Waals surface area contributed by atoms with Crippen LogP contribution in [0.5, 0.6) is 5.75 Å². The van der Waals surface area contributed by atoms with Gasteiger partial charge in [-0.3, -0.25) is 10.00 Å². The van der Waals surface area contributed by atoms with Crippen molar-refractivity contribution in [1.29, 1.82) is 0 Å². The van der Waals surface area contributed by atoms with Gasteiger partial charge >= 0.3 is 6.03 Å². The number of nitrogens with zero attached hydrogens (tertiary/aromatic N) is 4. The average molecular weight is 391 g/mol. The summed E-state index contributed by atoms with van der Waals surface area (Å²) in [6.45, 7) is 8.89. The molecule has 2 heterocycles. The Bertz CT molecular complexity index is 1090. The summed E-state index contributed by atoms with van der Waals surface area (Å²) in [5.41, 5.74) is 3.50. The Kier molecular flexibility index (Phi) is 4.87. The first-order valence-electron chi connectivity index (χ1n) is 9.00. The van der Waals surface area contributed by atoms with E-state index in [1.54, 1.807) is 40.4 Å². The van der Waals surface area contributed by atoms with Gasteiger partial charge in [0.05, 0.1) is 19.9 Å². The summed E-state index contributed by atoms with van der Waals surface area (Å²) in [7, 11) is 1.41. The lowest BCUT2D eigenvalue weighted by Gasteiger charge is -2.20. The molecule has 0 atom stereocenters. The number of anilines is 1. The van der Waals surface area contributed by atoms with Crippen molar-refractivity contribution in [3.8, 4) is 16.9 Å². The normalized spacial score (nSPS) is 13.6. The summed E-state index contributed by atoms with van der Waals surface area (Å²) >= 11 is 0. The lowest BCUT2D eigenvalue weighted by atomic mass is 10.1. The summed E-state index contributed by atoms with van der Waals surface area (Å²) in [6.07, 6.45) is 3.38. The lowest BCUT2D eigenvalue weighted by Crippen LogP contribution is -2.31. The maximum Gasteiger partial charge on any atom is 0.324 e. The fourth-order valence-corrected chi connectivity index (χ4v) is 3.41. The quantitative estimate of drug-likeness (QED) is 0.663. The molecule has 2 aromatic carbocycles. The van der Waals surface area contributed by atoms with Gasteiger partial charge < -0.3 is 9.64 Å². The Morgan fingerprint density at radius 2 is 2.14 bits per heavy atom. The third-order valence-electron chi connectivity index (χ3n) is 4.91. The van der Waals surface area contributed by atoms with Crippen LogP contribution in [0.2, 0.25) is 0 Å². The molecule has 0 bridgehead atoms. The van der Waals surface area contributed by atoms with E-state index in [1.807, 2.05) is 12.1 Å². The average Bonchev–Trinajstić information content (AvgIpc) is 3.39. The number of hydrogen-bond acceptors (Lipinski definition) is 3. The van der Waals surface area contributed by atoms with E-state index in [9.17, 15) is 9.18 Å². The van der Waals surface area contributed by atoms with Crippen LogP contribution in [0.3, 0.4) is 0 Å². The Morgan fingerprint density at radius 3 is 2.86 bits per heavy atom. The minimum atomic E-state index is -0.435. The number of carbonyl (C=O) groups excluding carboxylic acids is 1. The van der Waals surface area contributed by atoms with Crippen molar-refractivity contribution in [3.63, 3.8) is 0 Å². The molecule has 0 aliphatic carbocycles. The molecule has 146 valence electrons. The number of nitrogens with one attached hydrogen (secondary N) is 1. The molecule has 1 fully saturated rings. The number of aromatic nitrogens is 2. The highest BCUT2D eigenvalue weighted by Gasteiger charge is 2.30. The zero-order valence-electron chi connectivity index (χ0n) is 15.7. The third kappa shape index (κ3) is 3.50. The maximum atomic E-state index is 13.6. The Labute approximate surface area is 167 Å². The largest absolute Gasteiger partial charge is 0.494 e. The summed E-state index contributed by atoms with van der Waals surface area (Å²) in [5.74, 6) is -0.280. The molecule has 1 aromatic heterocycles. The van der Waals surface area contributed by atoms with Crippen LogP contribution in [-0.4, -0.2) is 41.3 Å². The molecule has 1 N–H and O–H groups in total. The predicted octanol–water partition coefficient (Wildman–Crippen LogP) is 4.22. The number of H-pyrrole nitrogens is 1. The third-order valence-corrected chi connectivity index (χ3v) is 4.91. The van der Waals surface area contributed by atoms with Gasteiger partial charge in [-0.1, -0.05) is 12.1 Å². The number of halogens is 1. The van der Waals surface area contributed by atoms with E-state index in [-0.39, 0.29) is 11.8 Å². The molecule has 7 nitrogen and oxygen atoms in total. The first kappa shape index (κ1) is 18.5. The van der Waals surface area contributed by atoms with Crippen LogP contribution < -0.4 is 9.64 Å². The number of carbonyl (C=O) groups is 1. The molecule has 2 amide bonds. The van der Waals surface area contributed by atoms with E-state index in [1.165, 1.54) is 13.2 Å². The minimum Gasteiger partial charge on any atom is -0.494 e. The number of methoxy groups -OCH3 is 1. The van der Waals surface area contributed by atoms with Gasteiger partial charge in [0.1, 0.15) is 0 Å². The Hall–Kier alpha value is -3.86. The number of benzene rings is 2. The second-order valence-corrected chi connectivity index (χ2v) is 6.62. The van der Waals surface area contributed by atoms with E-state index >= 15 is 0 Å². The van der Waals surface area contributed by atoms with Crippen LogP contribution in [0.1, 0.15) is 5.56 Å². The van der Waals surface area contributed by atoms with E-state index in [4.69, 9.17) is 11.3 Å². The van der Waals surface area contributed by atoms with Gasteiger partial charge in [-0.05, 0) is 35.4 Å². The SMILES string of the molecule is [C-]#[N+]c1cc(N2CCN(Cc3ccc(F)c(OC)c3)C2=O)ccc1-c1cn[nH]c1. The molecular weight excluding hydrogens is 373 g/mol. The fourth-order valence-electron chi connectivity index (χ4n) is 3.41. The molecule has 1 aliphatic heterocycles. The highest BCUT2D eigenvalue weighted by molar-refractivity contribution is 5.95. The summed E-state index contributed by atoms with van der Waals surface area (Å²) in [4.78, 5) is 19.8. The topological polar surface area (TPSA) is 65.8 Å². The smallest absolute Gasteiger partial charge is 0.324 e. The van der Waals surface area contributed by atoms with E-state index in [0.717, 1.165) is 16.7 Å². The van der Waals surface area contributed by atoms with E-state index < -0.39 is 5.82 Å². The van der Waals surface area contributed by atoms with Gasteiger partial charge in [0.2, 0.25) is 0 Å². The highest BCUT2D eigenvalue weighted by Crippen LogP contribution is 2.34. The predicted molar refractivity (Wildman–Crippen MR) is 106 cm³/mol. The van der Waals surface area contributed by atoms with Crippen molar-refractivity contribution in [1.82, 2.24) is 15.1 Å². The van der Waals surface area contributed by atoms with Crippen LogP contribution in [0.25, 0.3) is 16.0 Å². The molecule has 8 heteroatoms. The van der Waals surface area contributed by atoms with E-state index in [2.05, 4.69) is 15.0 Å². The Balaban J connectivity index is 1.54. The first-order valence-corrected chi connectivity index (χ1v) is 9.00. The first-order chi connectivity index (χ1) is 14.1. The second kappa shape index (κ2) is 7.64. The molecule has 1 saturated heterocycles. The van der Waals surface area contributed by atoms with Crippen molar-refractivity contribution >= 4 is 17.4 Å². The van der Waals surface area contributed by atoms with Crippen molar-refractivity contribution in [2.45, 2.75) is 6.54 Å². The molecule has 3 aromatic rings. The van der Waals surface area contributed by atoms with Gasteiger partial charge in [0, 0.05) is 37.1 Å². The van der Waals surface area contributed by atoms with Gasteiger partial charge in [-0.25, -0.2) is 14.0 Å². The zero-order valence-corrected chi connectivity index (χ0v) is 15.7. The van der Waals surface area contributed by atoms with Crippen molar-refractivity contribution in [3.05, 3.63) is 71.6 Å². The number of hydrogen-bond donors (Lipinski definition) is 1. The number of ether oxygens (including phenoxy) is 1. The molecule has 0 saturated carbocycles. The molecule has 0 unspecified atom stereocenters. The van der Waals surface area contributed by atoms with Crippen LogP contribution in [0.15, 0.2) is 48.8 Å². The molecule has 29 heavy (non-hydrogen) atoms.